The molecule has 1 saturated heterocycles. The summed E-state index contributed by atoms with van der Waals surface area (Å²) in [4.78, 5) is 50.1. The molecule has 3 aliphatic carbocycles. The summed E-state index contributed by atoms with van der Waals surface area (Å²) in [5.74, 6) is -3.16. The Morgan fingerprint density at radius 3 is 1.53 bits per heavy atom. The van der Waals surface area contributed by atoms with Crippen molar-refractivity contribution in [1.29, 1.82) is 0 Å². The van der Waals surface area contributed by atoms with Gasteiger partial charge in [0.25, 0.3) is 0 Å². The summed E-state index contributed by atoms with van der Waals surface area (Å²) in [7, 11) is 0. The molecule has 3 aromatic rings. The number of hydrogen-bond acceptors (Lipinski definition) is 4. The Hall–Kier alpha value is -3.68. The van der Waals surface area contributed by atoms with E-state index in [0.717, 1.165) is 27.2 Å². The van der Waals surface area contributed by atoms with E-state index in [1.807, 2.05) is 48.5 Å². The molecule has 1 aliphatic heterocycles. The number of alkyl halides is 2. The van der Waals surface area contributed by atoms with E-state index >= 15 is 0 Å². The van der Waals surface area contributed by atoms with Gasteiger partial charge in [0.05, 0.1) is 11.8 Å². The highest BCUT2D eigenvalue weighted by Gasteiger charge is 2.72. The van der Waals surface area contributed by atoms with Gasteiger partial charge < -0.3 is 10.6 Å². The second-order valence-corrected chi connectivity index (χ2v) is 11.0. The number of hydrogen-bond donors (Lipinski definition) is 2. The minimum atomic E-state index is -1.24. The van der Waals surface area contributed by atoms with Crippen LogP contribution in [0.3, 0.4) is 0 Å². The Morgan fingerprint density at radius 1 is 0.737 bits per heavy atom. The molecule has 192 valence electrons. The molecule has 3 aromatic carbocycles. The summed E-state index contributed by atoms with van der Waals surface area (Å²) in [5, 5.41) is 5.42. The van der Waals surface area contributed by atoms with Crippen LogP contribution >= 0.6 is 23.2 Å². The highest BCUT2D eigenvalue weighted by molar-refractivity contribution is 6.36. The number of benzene rings is 3. The van der Waals surface area contributed by atoms with E-state index in [9.17, 15) is 19.2 Å². The fourth-order valence-electron chi connectivity index (χ4n) is 6.22. The van der Waals surface area contributed by atoms with Crippen LogP contribution in [0.4, 0.5) is 11.4 Å². The summed E-state index contributed by atoms with van der Waals surface area (Å²) < 4.78 is 0. The summed E-state index contributed by atoms with van der Waals surface area (Å²) >= 11 is 14.8. The molecule has 0 saturated carbocycles. The van der Waals surface area contributed by atoms with E-state index in [4.69, 9.17) is 23.2 Å². The maximum Gasteiger partial charge on any atom is 0.235 e. The molecule has 4 amide bonds. The third-order valence-electron chi connectivity index (χ3n) is 7.73. The van der Waals surface area contributed by atoms with Crippen LogP contribution in [-0.2, 0) is 28.9 Å². The molecule has 7 rings (SSSR count). The molecular weight excluding hydrogens is 525 g/mol. The van der Waals surface area contributed by atoms with Crippen LogP contribution < -0.4 is 10.6 Å². The lowest BCUT2D eigenvalue weighted by Gasteiger charge is -2.54. The number of likely N-dealkylation sites (tertiary alicyclic amines) is 1. The Labute approximate surface area is 229 Å². The van der Waals surface area contributed by atoms with Gasteiger partial charge >= 0.3 is 0 Å². The third-order valence-corrected chi connectivity index (χ3v) is 9.01. The zero-order valence-electron chi connectivity index (χ0n) is 20.3. The molecule has 2 N–H and O–H groups in total. The molecule has 38 heavy (non-hydrogen) atoms. The van der Waals surface area contributed by atoms with Gasteiger partial charge in [0.1, 0.15) is 9.75 Å². The topological polar surface area (TPSA) is 95.6 Å². The number of halogens is 2. The van der Waals surface area contributed by atoms with Gasteiger partial charge in [-0.3, -0.25) is 24.1 Å². The van der Waals surface area contributed by atoms with Crippen LogP contribution in [0.1, 0.15) is 35.6 Å². The second-order valence-electron chi connectivity index (χ2n) is 9.85. The number of rotatable bonds is 5. The highest BCUT2D eigenvalue weighted by atomic mass is 35.5. The van der Waals surface area contributed by atoms with E-state index < -0.39 is 33.4 Å². The lowest BCUT2D eigenvalue weighted by molar-refractivity contribution is -0.140. The molecule has 1 fully saturated rings. The monoisotopic (exact) mass is 547 g/mol. The molecule has 2 atom stereocenters. The van der Waals surface area contributed by atoms with Gasteiger partial charge in [-0.2, -0.15) is 0 Å². The first-order valence-corrected chi connectivity index (χ1v) is 13.0. The smallest absolute Gasteiger partial charge is 0.235 e. The van der Waals surface area contributed by atoms with Gasteiger partial charge in [0, 0.05) is 31.3 Å². The second kappa shape index (κ2) is 8.68. The number of nitrogens with one attached hydrogen (secondary N) is 2. The molecule has 1 heterocycles. The van der Waals surface area contributed by atoms with Crippen molar-refractivity contribution in [3.8, 4) is 0 Å². The van der Waals surface area contributed by atoms with Crippen LogP contribution in [0.5, 0.6) is 0 Å². The summed E-state index contributed by atoms with van der Waals surface area (Å²) in [6.07, 6.45) is -0.0885. The third kappa shape index (κ3) is 3.35. The fraction of sp³-hybridized carbons (Fsp3) is 0.241. The van der Waals surface area contributed by atoms with Crippen LogP contribution in [0.25, 0.3) is 0 Å². The van der Waals surface area contributed by atoms with E-state index in [-0.39, 0.29) is 24.8 Å². The molecule has 0 radical (unpaired) electrons. The average molecular weight is 548 g/mol. The summed E-state index contributed by atoms with van der Waals surface area (Å²) in [6.45, 7) is 1.32. The fourth-order valence-corrected chi connectivity index (χ4v) is 7.32. The number of amides is 4. The number of imide groups is 1. The molecular formula is C29H23Cl2N3O4. The van der Waals surface area contributed by atoms with Gasteiger partial charge in [0.15, 0.2) is 0 Å². The van der Waals surface area contributed by atoms with E-state index in [1.165, 1.54) is 6.92 Å². The Morgan fingerprint density at radius 2 is 1.13 bits per heavy atom. The van der Waals surface area contributed by atoms with Gasteiger partial charge in [-0.15, -0.1) is 23.2 Å². The quantitative estimate of drug-likeness (QED) is 0.361. The van der Waals surface area contributed by atoms with Gasteiger partial charge in [-0.1, -0.05) is 48.5 Å². The zero-order chi connectivity index (χ0) is 26.8. The van der Waals surface area contributed by atoms with Gasteiger partial charge in [-0.25, -0.2) is 0 Å². The lowest BCUT2D eigenvalue weighted by Crippen LogP contribution is -2.57. The maximum atomic E-state index is 13.8. The van der Waals surface area contributed by atoms with Crippen molar-refractivity contribution in [2.75, 3.05) is 17.2 Å². The van der Waals surface area contributed by atoms with Crippen LogP contribution in [0.2, 0.25) is 0 Å². The van der Waals surface area contributed by atoms with E-state index in [1.54, 1.807) is 24.3 Å². The minimum absolute atomic E-state index is 0.0885. The average Bonchev–Trinajstić information content (AvgIpc) is 3.17. The van der Waals surface area contributed by atoms with Crippen molar-refractivity contribution in [1.82, 2.24) is 4.90 Å². The van der Waals surface area contributed by atoms with Gasteiger partial charge in [-0.05, 0) is 46.5 Å². The van der Waals surface area contributed by atoms with Crippen molar-refractivity contribution in [3.05, 3.63) is 95.1 Å². The van der Waals surface area contributed by atoms with Crippen LogP contribution in [-0.4, -0.2) is 35.1 Å². The SMILES string of the molecule is CC(=O)Nc1ccc(NC(=O)CCN2C(=O)[C@H]3[C@H](C2=O)C2(Cl)c4ccccc4C3(Cl)c3ccccc32)cc1. The molecule has 2 bridgehead atoms. The zero-order valence-corrected chi connectivity index (χ0v) is 21.8. The highest BCUT2D eigenvalue weighted by Crippen LogP contribution is 2.69. The summed E-state index contributed by atoms with van der Waals surface area (Å²) in [5.41, 5.74) is 4.08. The Balaban J connectivity index is 1.26. The van der Waals surface area contributed by atoms with Crippen LogP contribution in [0.15, 0.2) is 72.8 Å². The molecule has 9 heteroatoms. The standard InChI is InChI=1S/C29H23Cl2N3O4/c1-16(35)32-17-10-12-18(13-11-17)33-23(36)14-15-34-26(37)24-25(27(34)38)29(31)20-7-3-2-6-19(20)28(24,30)21-8-4-5-9-22(21)29/h2-13,24-25H,14-15H2,1H3,(H,32,35)(H,33,36)/t24-,25-,28?,29?/m1/s1. The van der Waals surface area contributed by atoms with Crippen molar-refractivity contribution < 1.29 is 19.2 Å². The first kappa shape index (κ1) is 24.6. The predicted octanol–water partition coefficient (Wildman–Crippen LogP) is 4.57. The van der Waals surface area contributed by atoms with E-state index in [2.05, 4.69) is 10.6 Å². The summed E-state index contributed by atoms with van der Waals surface area (Å²) in [6, 6.07) is 21.6. The normalized spacial score (nSPS) is 26.4. The maximum absolute atomic E-state index is 13.8. The van der Waals surface area contributed by atoms with Crippen molar-refractivity contribution >= 4 is 58.2 Å². The minimum Gasteiger partial charge on any atom is -0.326 e. The Bertz CT molecular complexity index is 1400. The van der Waals surface area contributed by atoms with Crippen molar-refractivity contribution in [2.45, 2.75) is 23.1 Å². The number of carbonyl (C=O) groups excluding carboxylic acids is 4. The number of anilines is 2. The first-order valence-electron chi connectivity index (χ1n) is 12.3. The molecule has 7 nitrogen and oxygen atoms in total. The van der Waals surface area contributed by atoms with Crippen LogP contribution in [0, 0.1) is 11.8 Å². The Kier molecular flexibility index (Phi) is 5.63. The first-order chi connectivity index (χ1) is 18.2. The largest absolute Gasteiger partial charge is 0.326 e. The molecule has 4 aliphatic rings. The van der Waals surface area contributed by atoms with Gasteiger partial charge in [0.2, 0.25) is 23.6 Å². The van der Waals surface area contributed by atoms with Crippen molar-refractivity contribution in [3.63, 3.8) is 0 Å². The lowest BCUT2D eigenvalue weighted by atomic mass is 9.54. The molecule has 0 aromatic heterocycles. The van der Waals surface area contributed by atoms with Crippen molar-refractivity contribution in [2.24, 2.45) is 11.8 Å². The number of carbonyl (C=O) groups is 4. The van der Waals surface area contributed by atoms with E-state index in [0.29, 0.717) is 11.4 Å². The molecule has 0 unspecified atom stereocenters. The number of nitrogens with zero attached hydrogens (tertiary/aromatic N) is 1. The predicted molar refractivity (Wildman–Crippen MR) is 144 cm³/mol. The molecule has 0 spiro atoms.